The van der Waals surface area contributed by atoms with E-state index in [2.05, 4.69) is 4.89 Å². The van der Waals surface area contributed by atoms with Gasteiger partial charge in [-0.25, -0.2) is 4.89 Å². The second kappa shape index (κ2) is 8.15. The maximum absolute atomic E-state index is 9.00. The Hall–Kier alpha value is 0.0523. The third-order valence-electron chi connectivity index (χ3n) is 0.274. The van der Waals surface area contributed by atoms with Gasteiger partial charge in [0.15, 0.2) is 0 Å². The van der Waals surface area contributed by atoms with Gasteiger partial charge in [0.05, 0.1) is 5.60 Å². The molecule has 72 valence electrons. The van der Waals surface area contributed by atoms with Crippen LogP contribution < -0.4 is 0 Å². The Kier molecular flexibility index (Phi) is 12.8. The van der Waals surface area contributed by atoms with Crippen LogP contribution in [0.4, 0.5) is 0 Å². The monoisotopic (exact) mass is 256 g/mol. The van der Waals surface area contributed by atoms with Gasteiger partial charge in [-0.3, -0.25) is 10.1 Å². The second-order valence-electron chi connectivity index (χ2n) is 2.72. The molecule has 0 unspecified atom stereocenters. The zero-order valence-electron chi connectivity index (χ0n) is 7.03. The zero-order valence-corrected chi connectivity index (χ0v) is 8.58. The minimum Gasteiger partial charge on any atom is -0.481 e. The van der Waals surface area contributed by atoms with Gasteiger partial charge < -0.3 is 5.11 Å². The maximum atomic E-state index is 9.00. The van der Waals surface area contributed by atoms with Crippen LogP contribution in [0.1, 0.15) is 27.7 Å². The average molecular weight is 257 g/mol. The van der Waals surface area contributed by atoms with Gasteiger partial charge in [0.25, 0.3) is 5.97 Å². The SMILES string of the molecule is CC(=O)O.CC(C)(C)OO.[Pd]. The van der Waals surface area contributed by atoms with E-state index in [1.165, 1.54) is 0 Å². The molecule has 11 heavy (non-hydrogen) atoms. The van der Waals surface area contributed by atoms with E-state index in [0.29, 0.717) is 0 Å². The van der Waals surface area contributed by atoms with Crippen LogP contribution in [0.3, 0.4) is 0 Å². The Labute approximate surface area is 80.1 Å². The summed E-state index contributed by atoms with van der Waals surface area (Å²) in [4.78, 5) is 12.9. The van der Waals surface area contributed by atoms with Crippen LogP contribution in [0.5, 0.6) is 0 Å². The van der Waals surface area contributed by atoms with Gasteiger partial charge >= 0.3 is 0 Å². The van der Waals surface area contributed by atoms with E-state index in [-0.39, 0.29) is 20.4 Å². The Morgan fingerprint density at radius 3 is 1.45 bits per heavy atom. The van der Waals surface area contributed by atoms with Crippen LogP contribution >= 0.6 is 0 Å². The summed E-state index contributed by atoms with van der Waals surface area (Å²) in [6, 6.07) is 0. The molecule has 0 aliphatic heterocycles. The molecular weight excluding hydrogens is 242 g/mol. The molecule has 0 aromatic carbocycles. The quantitative estimate of drug-likeness (QED) is 0.390. The van der Waals surface area contributed by atoms with Crippen LogP contribution in [0.2, 0.25) is 0 Å². The Bertz CT molecular complexity index is 93.2. The summed E-state index contributed by atoms with van der Waals surface area (Å²) in [7, 11) is 0. The number of aliphatic carboxylic acids is 1. The van der Waals surface area contributed by atoms with Gasteiger partial charge in [0, 0.05) is 27.3 Å². The minimum atomic E-state index is -0.833. The van der Waals surface area contributed by atoms with Crippen molar-refractivity contribution in [3.8, 4) is 0 Å². The van der Waals surface area contributed by atoms with Crippen molar-refractivity contribution in [2.75, 3.05) is 0 Å². The van der Waals surface area contributed by atoms with Crippen molar-refractivity contribution < 1.29 is 40.5 Å². The summed E-state index contributed by atoms with van der Waals surface area (Å²) in [5.74, 6) is -0.833. The van der Waals surface area contributed by atoms with E-state index in [1.54, 1.807) is 20.8 Å². The van der Waals surface area contributed by atoms with Gasteiger partial charge in [0.1, 0.15) is 0 Å². The first kappa shape index (κ1) is 17.2. The van der Waals surface area contributed by atoms with Gasteiger partial charge in [-0.15, -0.1) is 0 Å². The molecule has 2 N–H and O–H groups in total. The van der Waals surface area contributed by atoms with Crippen molar-refractivity contribution in [3.63, 3.8) is 0 Å². The van der Waals surface area contributed by atoms with E-state index in [9.17, 15) is 0 Å². The summed E-state index contributed by atoms with van der Waals surface area (Å²) < 4.78 is 0. The van der Waals surface area contributed by atoms with Crippen molar-refractivity contribution in [1.29, 1.82) is 0 Å². The molecule has 5 heteroatoms. The van der Waals surface area contributed by atoms with Crippen molar-refractivity contribution in [2.24, 2.45) is 0 Å². The van der Waals surface area contributed by atoms with Crippen LogP contribution in [-0.4, -0.2) is 21.9 Å². The number of carbonyl (C=O) groups is 1. The largest absolute Gasteiger partial charge is 0.481 e. The number of carboxylic acid groups (broad SMARTS) is 1. The average Bonchev–Trinajstić information content (AvgIpc) is 1.63. The van der Waals surface area contributed by atoms with E-state index in [1.807, 2.05) is 0 Å². The van der Waals surface area contributed by atoms with Crippen LogP contribution in [0.15, 0.2) is 0 Å². The van der Waals surface area contributed by atoms with Gasteiger partial charge in [-0.05, 0) is 20.8 Å². The number of hydrogen-bond donors (Lipinski definition) is 2. The predicted octanol–water partition coefficient (Wildman–Crippen LogP) is 1.36. The van der Waals surface area contributed by atoms with Crippen LogP contribution in [0, 0.1) is 0 Å². The van der Waals surface area contributed by atoms with E-state index < -0.39 is 11.6 Å². The fraction of sp³-hybridized carbons (Fsp3) is 0.833. The molecule has 0 spiro atoms. The smallest absolute Gasteiger partial charge is 0.300 e. The molecule has 0 heterocycles. The van der Waals surface area contributed by atoms with E-state index in [4.69, 9.17) is 15.2 Å². The Morgan fingerprint density at radius 2 is 1.45 bits per heavy atom. The molecule has 0 saturated carbocycles. The molecule has 0 radical (unpaired) electrons. The normalized spacial score (nSPS) is 8.82. The van der Waals surface area contributed by atoms with E-state index >= 15 is 0 Å². The molecule has 0 bridgehead atoms. The number of hydrogen-bond acceptors (Lipinski definition) is 3. The Balaban J connectivity index is -0.000000114. The fourth-order valence-electron chi connectivity index (χ4n) is 0. The summed E-state index contributed by atoms with van der Waals surface area (Å²) in [5, 5.41) is 15.3. The summed E-state index contributed by atoms with van der Waals surface area (Å²) in [6.45, 7) is 6.40. The minimum absolute atomic E-state index is 0. The van der Waals surface area contributed by atoms with Gasteiger partial charge in [-0.1, -0.05) is 0 Å². The standard InChI is InChI=1S/C4H10O2.C2H4O2.Pd/c1-4(2,3)6-5;1-2(3)4;/h5H,1-3H3;1H3,(H,3,4);. The first-order valence-electron chi connectivity index (χ1n) is 2.81. The molecular formula is C6H14O4Pd. The number of rotatable bonds is 0. The van der Waals surface area contributed by atoms with Gasteiger partial charge in [-0.2, -0.15) is 0 Å². The predicted molar refractivity (Wildman–Crippen MR) is 36.8 cm³/mol. The zero-order chi connectivity index (χ0) is 8.78. The van der Waals surface area contributed by atoms with E-state index in [0.717, 1.165) is 6.92 Å². The molecule has 0 rings (SSSR count). The molecule has 0 saturated heterocycles. The van der Waals surface area contributed by atoms with Crippen molar-refractivity contribution in [1.82, 2.24) is 0 Å². The molecule has 0 fully saturated rings. The first-order chi connectivity index (χ1) is 4.29. The molecule has 0 atom stereocenters. The molecule has 0 aliphatic rings. The molecule has 0 aromatic rings. The van der Waals surface area contributed by atoms with Crippen molar-refractivity contribution >= 4 is 5.97 Å². The molecule has 0 amide bonds. The summed E-state index contributed by atoms with van der Waals surface area (Å²) in [5.41, 5.74) is -0.403. The number of carboxylic acids is 1. The second-order valence-corrected chi connectivity index (χ2v) is 2.72. The van der Waals surface area contributed by atoms with Gasteiger partial charge in [0.2, 0.25) is 0 Å². The first-order valence-corrected chi connectivity index (χ1v) is 2.81. The summed E-state index contributed by atoms with van der Waals surface area (Å²) in [6.07, 6.45) is 0. The topological polar surface area (TPSA) is 66.8 Å². The molecule has 4 nitrogen and oxygen atoms in total. The Morgan fingerprint density at radius 1 is 1.36 bits per heavy atom. The molecule has 0 aliphatic carbocycles. The van der Waals surface area contributed by atoms with Crippen molar-refractivity contribution in [3.05, 3.63) is 0 Å². The molecule has 0 aromatic heterocycles. The third-order valence-corrected chi connectivity index (χ3v) is 0.274. The van der Waals surface area contributed by atoms with Crippen LogP contribution in [-0.2, 0) is 30.1 Å². The van der Waals surface area contributed by atoms with Crippen molar-refractivity contribution in [2.45, 2.75) is 33.3 Å². The third kappa shape index (κ3) is 70.0. The maximum Gasteiger partial charge on any atom is 0.300 e. The fourth-order valence-corrected chi connectivity index (χ4v) is 0. The summed E-state index contributed by atoms with van der Waals surface area (Å²) >= 11 is 0. The van der Waals surface area contributed by atoms with Crippen LogP contribution in [0.25, 0.3) is 0 Å².